The van der Waals surface area contributed by atoms with E-state index in [1.165, 1.54) is 4.90 Å². The number of benzene rings is 2. The molecule has 150 valence electrons. The van der Waals surface area contributed by atoms with Crippen molar-refractivity contribution in [1.29, 1.82) is 0 Å². The number of fused-ring (bicyclic) bond motifs is 1. The van der Waals surface area contributed by atoms with Crippen molar-refractivity contribution in [3.8, 4) is 5.75 Å². The Kier molecular flexibility index (Phi) is 5.44. The van der Waals surface area contributed by atoms with Crippen LogP contribution in [0.4, 0.5) is 10.5 Å². The van der Waals surface area contributed by atoms with Crippen LogP contribution in [0.3, 0.4) is 0 Å². The molecular weight excluding hydrogens is 370 g/mol. The summed E-state index contributed by atoms with van der Waals surface area (Å²) >= 11 is 0. The highest BCUT2D eigenvalue weighted by molar-refractivity contribution is 5.89. The lowest BCUT2D eigenvalue weighted by Gasteiger charge is -2.32. The molecule has 1 saturated heterocycles. The van der Waals surface area contributed by atoms with Crippen molar-refractivity contribution in [3.05, 3.63) is 64.7 Å². The molecule has 29 heavy (non-hydrogen) atoms. The van der Waals surface area contributed by atoms with Crippen molar-refractivity contribution < 1.29 is 14.4 Å². The summed E-state index contributed by atoms with van der Waals surface area (Å²) in [5.74, 6) is 1.38. The molecule has 4 rings (SSSR count). The molecule has 2 amide bonds. The Morgan fingerprint density at radius 3 is 2.79 bits per heavy atom. The molecule has 0 atom stereocenters. The van der Waals surface area contributed by atoms with E-state index >= 15 is 0 Å². The van der Waals surface area contributed by atoms with Crippen LogP contribution < -0.4 is 20.5 Å². The van der Waals surface area contributed by atoms with E-state index in [4.69, 9.17) is 4.74 Å². The molecule has 2 aromatic carbocycles. The number of methoxy groups -OCH3 is 1. The van der Waals surface area contributed by atoms with Gasteiger partial charge < -0.3 is 24.8 Å². The van der Waals surface area contributed by atoms with E-state index in [1.54, 1.807) is 24.1 Å². The van der Waals surface area contributed by atoms with Gasteiger partial charge >= 0.3 is 6.03 Å². The molecular formula is C21H24N5O3+. The standard InChI is InChI=1S/C21H23N5O3/c1-29-16-6-4-5-15(13-16)22-21(28)26-11-9-25(10-12-26)14-19-23-18-8-3-2-7-17(18)20(27)24-19/h2-8,13H,9-12,14H2,1H3,(H,22,28)(H,23,24,27)/p+1. The Morgan fingerprint density at radius 1 is 1.21 bits per heavy atom. The fourth-order valence-corrected chi connectivity index (χ4v) is 3.56. The van der Waals surface area contributed by atoms with Gasteiger partial charge in [-0.15, -0.1) is 0 Å². The number of piperazine rings is 1. The molecule has 0 spiro atoms. The number of nitrogens with zero attached hydrogens (tertiary/aromatic N) is 2. The largest absolute Gasteiger partial charge is 0.497 e. The van der Waals surface area contributed by atoms with Crippen molar-refractivity contribution in [3.63, 3.8) is 0 Å². The first kappa shape index (κ1) is 18.9. The second kappa shape index (κ2) is 8.32. The number of urea groups is 1. The normalized spacial score (nSPS) is 14.7. The van der Waals surface area contributed by atoms with E-state index in [-0.39, 0.29) is 11.6 Å². The van der Waals surface area contributed by atoms with E-state index in [9.17, 15) is 9.59 Å². The number of para-hydroxylation sites is 1. The van der Waals surface area contributed by atoms with Crippen LogP contribution in [0.5, 0.6) is 5.75 Å². The molecule has 2 heterocycles. The number of hydrogen-bond donors (Lipinski definition) is 3. The molecule has 3 aromatic rings. The maximum absolute atomic E-state index is 12.5. The van der Waals surface area contributed by atoms with Gasteiger partial charge in [0.1, 0.15) is 12.3 Å². The molecule has 1 aliphatic heterocycles. The van der Waals surface area contributed by atoms with Gasteiger partial charge in [-0.1, -0.05) is 18.2 Å². The molecule has 0 aliphatic carbocycles. The third-order valence-corrected chi connectivity index (χ3v) is 5.16. The van der Waals surface area contributed by atoms with E-state index < -0.39 is 0 Å². The number of nitrogens with one attached hydrogen (secondary N) is 3. The summed E-state index contributed by atoms with van der Waals surface area (Å²) < 4.78 is 5.19. The molecule has 0 bridgehead atoms. The summed E-state index contributed by atoms with van der Waals surface area (Å²) in [7, 11) is 1.60. The molecule has 1 aromatic heterocycles. The minimum Gasteiger partial charge on any atom is -0.497 e. The van der Waals surface area contributed by atoms with Crippen LogP contribution >= 0.6 is 0 Å². The van der Waals surface area contributed by atoms with E-state index in [0.717, 1.165) is 13.1 Å². The van der Waals surface area contributed by atoms with Crippen LogP contribution in [-0.4, -0.2) is 54.2 Å². The number of carbonyl (C=O) groups is 1. The number of hydrogen-bond acceptors (Lipinski definition) is 4. The van der Waals surface area contributed by atoms with E-state index in [1.807, 2.05) is 36.4 Å². The monoisotopic (exact) mass is 394 g/mol. The predicted octanol–water partition coefficient (Wildman–Crippen LogP) is 0.864. The summed E-state index contributed by atoms with van der Waals surface area (Å²) in [6.45, 7) is 3.50. The lowest BCUT2D eigenvalue weighted by atomic mass is 10.2. The van der Waals surface area contributed by atoms with Crippen molar-refractivity contribution in [2.45, 2.75) is 6.54 Å². The van der Waals surface area contributed by atoms with Crippen LogP contribution in [0.1, 0.15) is 5.82 Å². The first-order valence-electron chi connectivity index (χ1n) is 9.64. The van der Waals surface area contributed by atoms with Gasteiger partial charge in [0.05, 0.1) is 44.2 Å². The Balaban J connectivity index is 1.34. The SMILES string of the molecule is COc1cccc(NC(=O)N2CC[NH+](Cc3nc4ccccc4c(=O)[nH]3)CC2)c1. The third kappa shape index (κ3) is 4.38. The molecule has 0 unspecified atom stereocenters. The molecule has 8 heteroatoms. The van der Waals surface area contributed by atoms with Crippen molar-refractivity contribution in [2.24, 2.45) is 0 Å². The minimum atomic E-state index is -0.116. The number of rotatable bonds is 4. The maximum atomic E-state index is 12.5. The summed E-state index contributed by atoms with van der Waals surface area (Å²) in [4.78, 5) is 35.3. The molecule has 3 N–H and O–H groups in total. The van der Waals surface area contributed by atoms with E-state index in [2.05, 4.69) is 15.3 Å². The zero-order valence-electron chi connectivity index (χ0n) is 16.3. The number of H-pyrrole nitrogens is 1. The second-order valence-electron chi connectivity index (χ2n) is 7.11. The average Bonchev–Trinajstić information content (AvgIpc) is 2.74. The number of anilines is 1. The zero-order chi connectivity index (χ0) is 20.2. The first-order valence-corrected chi connectivity index (χ1v) is 9.64. The highest BCUT2D eigenvalue weighted by Gasteiger charge is 2.24. The van der Waals surface area contributed by atoms with Gasteiger partial charge in [0.2, 0.25) is 0 Å². The average molecular weight is 394 g/mol. The van der Waals surface area contributed by atoms with Gasteiger partial charge in [0, 0.05) is 11.8 Å². The number of aromatic nitrogens is 2. The number of amides is 2. The van der Waals surface area contributed by atoms with Gasteiger partial charge in [-0.2, -0.15) is 0 Å². The second-order valence-corrected chi connectivity index (χ2v) is 7.11. The third-order valence-electron chi connectivity index (χ3n) is 5.16. The van der Waals surface area contributed by atoms with Crippen molar-refractivity contribution in [1.82, 2.24) is 14.9 Å². The van der Waals surface area contributed by atoms with Crippen molar-refractivity contribution >= 4 is 22.6 Å². The smallest absolute Gasteiger partial charge is 0.322 e. The lowest BCUT2D eigenvalue weighted by Crippen LogP contribution is -3.13. The van der Waals surface area contributed by atoms with Crippen LogP contribution in [0, 0.1) is 0 Å². The van der Waals surface area contributed by atoms with Crippen LogP contribution in [-0.2, 0) is 6.54 Å². The lowest BCUT2D eigenvalue weighted by molar-refractivity contribution is -0.918. The van der Waals surface area contributed by atoms with Crippen LogP contribution in [0.25, 0.3) is 10.9 Å². The fourth-order valence-electron chi connectivity index (χ4n) is 3.56. The Bertz CT molecular complexity index is 1070. The summed E-state index contributed by atoms with van der Waals surface area (Å²) in [5, 5.41) is 3.52. The topological polar surface area (TPSA) is 91.8 Å². The van der Waals surface area contributed by atoms with Gasteiger partial charge in [0.15, 0.2) is 5.82 Å². The van der Waals surface area contributed by atoms with Crippen LogP contribution in [0.2, 0.25) is 0 Å². The predicted molar refractivity (Wildman–Crippen MR) is 110 cm³/mol. The number of aromatic amines is 1. The van der Waals surface area contributed by atoms with Crippen LogP contribution in [0.15, 0.2) is 53.3 Å². The number of carbonyl (C=O) groups excluding carboxylic acids is 1. The summed E-state index contributed by atoms with van der Waals surface area (Å²) in [5.41, 5.74) is 1.31. The fraction of sp³-hybridized carbons (Fsp3) is 0.286. The molecule has 1 aliphatic rings. The molecule has 0 saturated carbocycles. The number of ether oxygens (including phenoxy) is 1. The molecule has 1 fully saturated rings. The molecule has 8 nitrogen and oxygen atoms in total. The Hall–Kier alpha value is -3.39. The highest BCUT2D eigenvalue weighted by Crippen LogP contribution is 2.17. The Labute approximate surface area is 168 Å². The first-order chi connectivity index (χ1) is 14.1. The summed E-state index contributed by atoms with van der Waals surface area (Å²) in [6, 6.07) is 14.5. The number of quaternary nitrogens is 1. The minimum absolute atomic E-state index is 0.110. The van der Waals surface area contributed by atoms with Gasteiger partial charge in [0.25, 0.3) is 5.56 Å². The van der Waals surface area contributed by atoms with Gasteiger partial charge in [-0.25, -0.2) is 9.78 Å². The van der Waals surface area contributed by atoms with Gasteiger partial charge in [-0.05, 0) is 24.3 Å². The highest BCUT2D eigenvalue weighted by atomic mass is 16.5. The molecule has 0 radical (unpaired) electrons. The quantitative estimate of drug-likeness (QED) is 0.612. The van der Waals surface area contributed by atoms with Gasteiger partial charge in [-0.3, -0.25) is 4.79 Å². The van der Waals surface area contributed by atoms with E-state index in [0.29, 0.717) is 47.8 Å². The zero-order valence-corrected chi connectivity index (χ0v) is 16.3. The maximum Gasteiger partial charge on any atom is 0.322 e. The van der Waals surface area contributed by atoms with Crippen molar-refractivity contribution in [2.75, 3.05) is 38.6 Å². The summed E-state index contributed by atoms with van der Waals surface area (Å²) in [6.07, 6.45) is 0. The Morgan fingerprint density at radius 2 is 2.00 bits per heavy atom.